The van der Waals surface area contributed by atoms with Gasteiger partial charge in [-0.25, -0.2) is 4.79 Å². The summed E-state index contributed by atoms with van der Waals surface area (Å²) in [5, 5.41) is 2.45. The van der Waals surface area contributed by atoms with E-state index in [0.29, 0.717) is 12.2 Å². The highest BCUT2D eigenvalue weighted by molar-refractivity contribution is 6.09. The average molecular weight is 315 g/mol. The number of carbonyl (C=O) groups excluding carboxylic acids is 1. The lowest BCUT2D eigenvalue weighted by molar-refractivity contribution is 0.0526. The van der Waals surface area contributed by atoms with Crippen LogP contribution in [0.1, 0.15) is 17.3 Å². The first-order valence-corrected chi connectivity index (χ1v) is 8.05. The molecule has 24 heavy (non-hydrogen) atoms. The fourth-order valence-corrected chi connectivity index (χ4v) is 3.16. The van der Waals surface area contributed by atoms with Crippen LogP contribution in [0.5, 0.6) is 0 Å². The lowest BCUT2D eigenvalue weighted by Crippen LogP contribution is -2.04. The Labute approximate surface area is 140 Å². The molecule has 4 aromatic rings. The molecule has 0 fully saturated rings. The van der Waals surface area contributed by atoms with Crippen LogP contribution in [0.25, 0.3) is 27.5 Å². The second kappa shape index (κ2) is 5.85. The van der Waals surface area contributed by atoms with Gasteiger partial charge >= 0.3 is 5.97 Å². The molecule has 0 saturated heterocycles. The van der Waals surface area contributed by atoms with Gasteiger partial charge in [0, 0.05) is 16.5 Å². The quantitative estimate of drug-likeness (QED) is 0.500. The van der Waals surface area contributed by atoms with E-state index in [-0.39, 0.29) is 5.97 Å². The molecule has 0 bridgehead atoms. The third-order valence-corrected chi connectivity index (χ3v) is 4.22. The second-order valence-corrected chi connectivity index (χ2v) is 5.64. The van der Waals surface area contributed by atoms with E-state index in [1.165, 1.54) is 10.8 Å². The standard InChI is InChI=1S/C21H17NO2/c1-2-24-21(23)15-11-13-16(14-12-15)22-19-9-5-3-7-17(19)18-8-4-6-10-20(18)22/h3-14H,2H2,1H3. The number of hydrogen-bond acceptors (Lipinski definition) is 2. The Bertz CT molecular complexity index is 976. The zero-order chi connectivity index (χ0) is 16.5. The summed E-state index contributed by atoms with van der Waals surface area (Å²) in [4.78, 5) is 11.8. The molecule has 0 unspecified atom stereocenters. The van der Waals surface area contributed by atoms with Crippen molar-refractivity contribution in [2.45, 2.75) is 6.92 Å². The third kappa shape index (κ3) is 2.26. The predicted octanol–water partition coefficient (Wildman–Crippen LogP) is 4.96. The maximum Gasteiger partial charge on any atom is 0.338 e. The van der Waals surface area contributed by atoms with E-state index in [2.05, 4.69) is 41.0 Å². The van der Waals surface area contributed by atoms with Crippen LogP contribution in [-0.4, -0.2) is 17.1 Å². The molecule has 0 saturated carbocycles. The number of aromatic nitrogens is 1. The highest BCUT2D eigenvalue weighted by Crippen LogP contribution is 2.31. The Morgan fingerprint density at radius 2 is 1.38 bits per heavy atom. The lowest BCUT2D eigenvalue weighted by Gasteiger charge is -2.08. The number of nitrogens with zero attached hydrogens (tertiary/aromatic N) is 1. The van der Waals surface area contributed by atoms with E-state index in [1.807, 2.05) is 43.3 Å². The molecular formula is C21H17NO2. The van der Waals surface area contributed by atoms with Gasteiger partial charge in [-0.05, 0) is 43.3 Å². The van der Waals surface area contributed by atoms with Crippen molar-refractivity contribution < 1.29 is 9.53 Å². The van der Waals surface area contributed by atoms with E-state index < -0.39 is 0 Å². The Kier molecular flexibility index (Phi) is 3.54. The van der Waals surface area contributed by atoms with Gasteiger partial charge in [0.2, 0.25) is 0 Å². The smallest absolute Gasteiger partial charge is 0.338 e. The second-order valence-electron chi connectivity index (χ2n) is 5.64. The van der Waals surface area contributed by atoms with E-state index in [4.69, 9.17) is 4.74 Å². The minimum atomic E-state index is -0.286. The summed E-state index contributed by atoms with van der Waals surface area (Å²) in [6.07, 6.45) is 0. The molecule has 3 heteroatoms. The highest BCUT2D eigenvalue weighted by atomic mass is 16.5. The molecule has 0 aliphatic heterocycles. The van der Waals surface area contributed by atoms with E-state index in [1.54, 1.807) is 0 Å². The van der Waals surface area contributed by atoms with E-state index >= 15 is 0 Å². The van der Waals surface area contributed by atoms with Gasteiger partial charge in [0.15, 0.2) is 0 Å². The molecule has 3 nitrogen and oxygen atoms in total. The summed E-state index contributed by atoms with van der Waals surface area (Å²) in [5.74, 6) is -0.286. The van der Waals surface area contributed by atoms with Gasteiger partial charge in [0.1, 0.15) is 0 Å². The molecule has 4 rings (SSSR count). The van der Waals surface area contributed by atoms with Crippen LogP contribution in [0, 0.1) is 0 Å². The summed E-state index contributed by atoms with van der Waals surface area (Å²) in [5.41, 5.74) is 3.91. The number of rotatable bonds is 3. The van der Waals surface area contributed by atoms with Gasteiger partial charge < -0.3 is 9.30 Å². The van der Waals surface area contributed by atoms with Crippen LogP contribution in [0.2, 0.25) is 0 Å². The average Bonchev–Trinajstić information content (AvgIpc) is 2.97. The first-order valence-electron chi connectivity index (χ1n) is 8.05. The number of esters is 1. The molecule has 1 heterocycles. The SMILES string of the molecule is CCOC(=O)c1ccc(-n2c3ccccc3c3ccccc32)cc1. The number of benzene rings is 3. The first-order chi connectivity index (χ1) is 11.8. The molecule has 0 aliphatic rings. The molecule has 0 atom stereocenters. The molecule has 0 N–H and O–H groups in total. The maximum atomic E-state index is 11.8. The summed E-state index contributed by atoms with van der Waals surface area (Å²) in [7, 11) is 0. The fraction of sp³-hybridized carbons (Fsp3) is 0.0952. The van der Waals surface area contributed by atoms with Crippen molar-refractivity contribution in [3.63, 3.8) is 0 Å². The molecule has 1 aromatic heterocycles. The largest absolute Gasteiger partial charge is 0.462 e. The fourth-order valence-electron chi connectivity index (χ4n) is 3.16. The molecule has 0 radical (unpaired) electrons. The Morgan fingerprint density at radius 3 is 1.92 bits per heavy atom. The minimum Gasteiger partial charge on any atom is -0.462 e. The van der Waals surface area contributed by atoms with Crippen molar-refractivity contribution in [1.82, 2.24) is 4.57 Å². The monoisotopic (exact) mass is 315 g/mol. The van der Waals surface area contributed by atoms with E-state index in [0.717, 1.165) is 16.7 Å². The normalized spacial score (nSPS) is 11.0. The van der Waals surface area contributed by atoms with Gasteiger partial charge in [-0.3, -0.25) is 0 Å². The van der Waals surface area contributed by atoms with Crippen molar-refractivity contribution >= 4 is 27.8 Å². The zero-order valence-electron chi connectivity index (χ0n) is 13.4. The molecule has 3 aromatic carbocycles. The van der Waals surface area contributed by atoms with Crippen molar-refractivity contribution in [2.24, 2.45) is 0 Å². The van der Waals surface area contributed by atoms with Gasteiger partial charge in [-0.2, -0.15) is 0 Å². The van der Waals surface area contributed by atoms with Gasteiger partial charge in [-0.15, -0.1) is 0 Å². The summed E-state index contributed by atoms with van der Waals surface area (Å²) >= 11 is 0. The highest BCUT2D eigenvalue weighted by Gasteiger charge is 2.12. The van der Waals surface area contributed by atoms with Crippen LogP contribution in [0.15, 0.2) is 72.8 Å². The Morgan fingerprint density at radius 1 is 0.833 bits per heavy atom. The summed E-state index contributed by atoms with van der Waals surface area (Å²) in [6, 6.07) is 24.3. The van der Waals surface area contributed by atoms with Crippen LogP contribution >= 0.6 is 0 Å². The van der Waals surface area contributed by atoms with Crippen LogP contribution in [-0.2, 0) is 4.74 Å². The maximum absolute atomic E-state index is 11.8. The van der Waals surface area contributed by atoms with Crippen LogP contribution < -0.4 is 0 Å². The van der Waals surface area contributed by atoms with Crippen molar-refractivity contribution in [3.8, 4) is 5.69 Å². The van der Waals surface area contributed by atoms with Crippen molar-refractivity contribution in [1.29, 1.82) is 0 Å². The number of para-hydroxylation sites is 2. The lowest BCUT2D eigenvalue weighted by atomic mass is 10.2. The van der Waals surface area contributed by atoms with Crippen LogP contribution in [0.3, 0.4) is 0 Å². The predicted molar refractivity (Wildman–Crippen MR) is 96.7 cm³/mol. The third-order valence-electron chi connectivity index (χ3n) is 4.22. The Balaban J connectivity index is 1.91. The molecular weight excluding hydrogens is 298 g/mol. The molecule has 118 valence electrons. The number of fused-ring (bicyclic) bond motifs is 3. The molecule has 0 aliphatic carbocycles. The number of hydrogen-bond donors (Lipinski definition) is 0. The van der Waals surface area contributed by atoms with E-state index in [9.17, 15) is 4.79 Å². The van der Waals surface area contributed by atoms with Gasteiger partial charge in [0.05, 0.1) is 23.2 Å². The topological polar surface area (TPSA) is 31.2 Å². The van der Waals surface area contributed by atoms with Gasteiger partial charge in [-0.1, -0.05) is 36.4 Å². The summed E-state index contributed by atoms with van der Waals surface area (Å²) in [6.45, 7) is 2.19. The van der Waals surface area contributed by atoms with Crippen molar-refractivity contribution in [3.05, 3.63) is 78.4 Å². The summed E-state index contributed by atoms with van der Waals surface area (Å²) < 4.78 is 7.28. The molecule has 0 spiro atoms. The zero-order valence-corrected chi connectivity index (χ0v) is 13.4. The van der Waals surface area contributed by atoms with Crippen molar-refractivity contribution in [2.75, 3.05) is 6.61 Å². The van der Waals surface area contributed by atoms with Crippen LogP contribution in [0.4, 0.5) is 0 Å². The first kappa shape index (κ1) is 14.5. The Hall–Kier alpha value is -3.07. The van der Waals surface area contributed by atoms with Gasteiger partial charge in [0.25, 0.3) is 0 Å². The number of ether oxygens (including phenoxy) is 1. The minimum absolute atomic E-state index is 0.286. The molecule has 0 amide bonds. The number of carbonyl (C=O) groups is 1.